The van der Waals surface area contributed by atoms with Crippen molar-refractivity contribution in [3.63, 3.8) is 0 Å². The molecule has 4 rings (SSSR count). The minimum absolute atomic E-state index is 0. The van der Waals surface area contributed by atoms with Crippen molar-refractivity contribution < 1.29 is 28.9 Å². The first kappa shape index (κ1) is 13.4. The molecule has 0 amide bonds. The van der Waals surface area contributed by atoms with Gasteiger partial charge in [0.25, 0.3) is 5.92 Å². The van der Waals surface area contributed by atoms with Crippen molar-refractivity contribution in [3.8, 4) is 11.1 Å². The zero-order chi connectivity index (χ0) is 13.0. The summed E-state index contributed by atoms with van der Waals surface area (Å²) in [4.78, 5) is 0. The Morgan fingerprint density at radius 1 is 0.800 bits per heavy atom. The second kappa shape index (κ2) is 4.47. The van der Waals surface area contributed by atoms with Gasteiger partial charge in [-0.2, -0.15) is 24.3 Å². The SMILES string of the molecule is FC1(F)c2ccc[c-]c2-c2[c-]ccc3cccc1c23.[Ir]. The summed E-state index contributed by atoms with van der Waals surface area (Å²) in [6.07, 6.45) is 0. The fourth-order valence-corrected chi connectivity index (χ4v) is 2.78. The summed E-state index contributed by atoms with van der Waals surface area (Å²) in [5.41, 5.74) is 1.24. The average molecular weight is 442 g/mol. The summed E-state index contributed by atoms with van der Waals surface area (Å²) in [6.45, 7) is 0. The molecule has 0 spiro atoms. The molecule has 0 N–H and O–H groups in total. The normalized spacial score (nSPS) is 14.5. The first-order valence-corrected chi connectivity index (χ1v) is 6.03. The largest absolute Gasteiger partial charge is 0.250 e. The van der Waals surface area contributed by atoms with Gasteiger partial charge in [0.1, 0.15) is 0 Å². The summed E-state index contributed by atoms with van der Waals surface area (Å²) in [6, 6.07) is 19.3. The Morgan fingerprint density at radius 3 is 2.40 bits per heavy atom. The van der Waals surface area contributed by atoms with Crippen LogP contribution in [0, 0.1) is 12.1 Å². The molecule has 3 aromatic rings. The van der Waals surface area contributed by atoms with Crippen LogP contribution in [-0.4, -0.2) is 0 Å². The quantitative estimate of drug-likeness (QED) is 0.448. The Labute approximate surface area is 128 Å². The van der Waals surface area contributed by atoms with E-state index in [9.17, 15) is 8.78 Å². The van der Waals surface area contributed by atoms with Crippen molar-refractivity contribution in [2.75, 3.05) is 0 Å². The van der Waals surface area contributed by atoms with Gasteiger partial charge in [0.15, 0.2) is 0 Å². The molecule has 0 aromatic heterocycles. The molecule has 0 fully saturated rings. The summed E-state index contributed by atoms with van der Waals surface area (Å²) >= 11 is 0. The Balaban J connectivity index is 0.00000121. The molecule has 1 radical (unpaired) electrons. The molecule has 3 aromatic carbocycles. The van der Waals surface area contributed by atoms with E-state index in [0.717, 1.165) is 10.9 Å². The van der Waals surface area contributed by atoms with Crippen LogP contribution in [0.3, 0.4) is 0 Å². The maximum atomic E-state index is 14.6. The van der Waals surface area contributed by atoms with Crippen LogP contribution in [0.1, 0.15) is 11.1 Å². The van der Waals surface area contributed by atoms with Gasteiger partial charge in [0.2, 0.25) is 0 Å². The van der Waals surface area contributed by atoms with Crippen molar-refractivity contribution in [2.24, 2.45) is 0 Å². The number of rotatable bonds is 0. The second-order valence-electron chi connectivity index (χ2n) is 4.66. The van der Waals surface area contributed by atoms with Crippen LogP contribution < -0.4 is 0 Å². The molecule has 101 valence electrons. The van der Waals surface area contributed by atoms with Crippen molar-refractivity contribution in [1.29, 1.82) is 0 Å². The molecule has 3 heteroatoms. The van der Waals surface area contributed by atoms with E-state index in [-0.39, 0.29) is 31.2 Å². The van der Waals surface area contributed by atoms with Crippen LogP contribution in [0.15, 0.2) is 48.5 Å². The van der Waals surface area contributed by atoms with Crippen LogP contribution in [0.2, 0.25) is 0 Å². The molecule has 0 bridgehead atoms. The minimum atomic E-state index is -2.98. The van der Waals surface area contributed by atoms with E-state index in [1.807, 2.05) is 12.1 Å². The first-order valence-electron chi connectivity index (χ1n) is 6.03. The van der Waals surface area contributed by atoms with Crippen LogP contribution in [0.4, 0.5) is 8.78 Å². The molecule has 0 aliphatic heterocycles. The molecular weight excluding hydrogens is 434 g/mol. The van der Waals surface area contributed by atoms with Crippen LogP contribution >= 0.6 is 0 Å². The monoisotopic (exact) mass is 443 g/mol. The van der Waals surface area contributed by atoms with Crippen molar-refractivity contribution >= 4 is 10.8 Å². The maximum absolute atomic E-state index is 14.6. The van der Waals surface area contributed by atoms with Gasteiger partial charge in [-0.15, -0.1) is 29.0 Å². The predicted octanol–water partition coefficient (Wildman–Crippen LogP) is 4.56. The van der Waals surface area contributed by atoms with Crippen molar-refractivity contribution in [2.45, 2.75) is 5.92 Å². The molecular formula is C17H8F2Ir-2. The summed E-state index contributed by atoms with van der Waals surface area (Å²) in [5, 5.41) is 1.40. The van der Waals surface area contributed by atoms with Gasteiger partial charge in [-0.05, 0) is 5.56 Å². The van der Waals surface area contributed by atoms with E-state index in [1.54, 1.807) is 24.3 Å². The predicted molar refractivity (Wildman–Crippen MR) is 70.1 cm³/mol. The van der Waals surface area contributed by atoms with E-state index in [1.165, 1.54) is 12.1 Å². The van der Waals surface area contributed by atoms with Crippen LogP contribution in [0.25, 0.3) is 21.9 Å². The van der Waals surface area contributed by atoms with E-state index < -0.39 is 5.92 Å². The third kappa shape index (κ3) is 1.60. The summed E-state index contributed by atoms with van der Waals surface area (Å²) in [5.74, 6) is -2.98. The van der Waals surface area contributed by atoms with Gasteiger partial charge < -0.3 is 0 Å². The van der Waals surface area contributed by atoms with Gasteiger partial charge in [0.05, 0.1) is 0 Å². The third-order valence-corrected chi connectivity index (χ3v) is 3.62. The molecule has 1 aliphatic carbocycles. The van der Waals surface area contributed by atoms with Gasteiger partial charge in [-0.1, -0.05) is 23.8 Å². The fraction of sp³-hybridized carbons (Fsp3) is 0.0588. The summed E-state index contributed by atoms with van der Waals surface area (Å²) < 4.78 is 29.2. The van der Waals surface area contributed by atoms with Gasteiger partial charge in [-0.3, -0.25) is 0 Å². The Hall–Kier alpha value is -1.57. The Morgan fingerprint density at radius 2 is 1.55 bits per heavy atom. The molecule has 0 heterocycles. The van der Waals surface area contributed by atoms with Crippen LogP contribution in [-0.2, 0) is 26.0 Å². The zero-order valence-electron chi connectivity index (χ0n) is 10.2. The van der Waals surface area contributed by atoms with E-state index in [2.05, 4.69) is 12.1 Å². The third-order valence-electron chi connectivity index (χ3n) is 3.62. The van der Waals surface area contributed by atoms with E-state index in [4.69, 9.17) is 0 Å². The fourth-order valence-electron chi connectivity index (χ4n) is 2.78. The number of hydrogen-bond acceptors (Lipinski definition) is 0. The Kier molecular flexibility index (Phi) is 3.00. The van der Waals surface area contributed by atoms with Gasteiger partial charge in [0, 0.05) is 20.1 Å². The number of alkyl halides is 2. The number of fused-ring (bicyclic) bond motifs is 2. The van der Waals surface area contributed by atoms with Gasteiger partial charge >= 0.3 is 0 Å². The average Bonchev–Trinajstić information content (AvgIpc) is 2.45. The first-order chi connectivity index (χ1) is 9.19. The molecule has 20 heavy (non-hydrogen) atoms. The molecule has 1 aliphatic rings. The van der Waals surface area contributed by atoms with E-state index in [0.29, 0.717) is 10.9 Å². The minimum Gasteiger partial charge on any atom is -0.218 e. The second-order valence-corrected chi connectivity index (χ2v) is 4.66. The Bertz CT molecular complexity index is 804. The number of halogens is 2. The summed E-state index contributed by atoms with van der Waals surface area (Å²) in [7, 11) is 0. The zero-order valence-corrected chi connectivity index (χ0v) is 12.6. The number of benzene rings is 3. The molecule has 0 nitrogen and oxygen atoms in total. The van der Waals surface area contributed by atoms with Gasteiger partial charge in [-0.25, -0.2) is 19.9 Å². The van der Waals surface area contributed by atoms with Crippen molar-refractivity contribution in [1.82, 2.24) is 0 Å². The van der Waals surface area contributed by atoms with Crippen LogP contribution in [0.5, 0.6) is 0 Å². The molecule has 0 unspecified atom stereocenters. The molecule has 0 atom stereocenters. The maximum Gasteiger partial charge on any atom is 0.250 e. The smallest absolute Gasteiger partial charge is 0.218 e. The van der Waals surface area contributed by atoms with Crippen molar-refractivity contribution in [3.05, 3.63) is 71.8 Å². The molecule has 0 saturated carbocycles. The molecule has 0 saturated heterocycles. The standard InChI is InChI=1S/C17H8F2.Ir/c18-17(19)14-9-2-1-7-12(14)13-8-3-5-11-6-4-10-15(17)16(11)13;/h1-6,9-10H;/q-2;. The number of hydrogen-bond donors (Lipinski definition) is 0. The van der Waals surface area contributed by atoms with E-state index >= 15 is 0 Å². The topological polar surface area (TPSA) is 0 Å².